The summed E-state index contributed by atoms with van der Waals surface area (Å²) in [4.78, 5) is 4.11. The molecule has 0 spiro atoms. The maximum Gasteiger partial charge on any atom is 0.285 e. The van der Waals surface area contributed by atoms with Gasteiger partial charge >= 0.3 is 0 Å². The standard InChI is InChI=1S/C11H14N2O3/c1-15-10-6-8(2-3-9(10)14)7-13-11-12-4-5-16-11/h2-3,6,14H,4-5,7H2,1H3,(H,12,13). The zero-order valence-corrected chi connectivity index (χ0v) is 9.06. The maximum absolute atomic E-state index is 9.42. The van der Waals surface area contributed by atoms with Crippen LogP contribution in [0.3, 0.4) is 0 Å². The number of nitrogens with one attached hydrogen (secondary N) is 1. The zero-order valence-electron chi connectivity index (χ0n) is 9.06. The first kappa shape index (κ1) is 10.6. The van der Waals surface area contributed by atoms with Crippen LogP contribution in [0.25, 0.3) is 0 Å². The normalized spacial score (nSPS) is 14.2. The number of ether oxygens (including phenoxy) is 2. The molecule has 2 N–H and O–H groups in total. The van der Waals surface area contributed by atoms with Gasteiger partial charge in [-0.2, -0.15) is 0 Å². The lowest BCUT2D eigenvalue weighted by molar-refractivity contribution is 0.331. The second-order valence-corrected chi connectivity index (χ2v) is 3.40. The molecule has 0 aliphatic carbocycles. The highest BCUT2D eigenvalue weighted by Gasteiger charge is 2.07. The predicted molar refractivity (Wildman–Crippen MR) is 59.8 cm³/mol. The van der Waals surface area contributed by atoms with Gasteiger partial charge in [0.15, 0.2) is 11.5 Å². The van der Waals surface area contributed by atoms with Gasteiger partial charge < -0.3 is 19.9 Å². The number of phenols is 1. The second-order valence-electron chi connectivity index (χ2n) is 3.40. The number of nitrogens with zero attached hydrogens (tertiary/aromatic N) is 1. The van der Waals surface area contributed by atoms with Crippen molar-refractivity contribution in [1.82, 2.24) is 5.32 Å². The number of hydrogen-bond donors (Lipinski definition) is 2. The van der Waals surface area contributed by atoms with Gasteiger partial charge in [-0.25, -0.2) is 4.99 Å². The third-order valence-electron chi connectivity index (χ3n) is 2.27. The van der Waals surface area contributed by atoms with Crippen molar-refractivity contribution in [2.24, 2.45) is 4.99 Å². The molecule has 0 unspecified atom stereocenters. The zero-order chi connectivity index (χ0) is 11.4. The van der Waals surface area contributed by atoms with E-state index in [9.17, 15) is 5.11 Å². The summed E-state index contributed by atoms with van der Waals surface area (Å²) in [5, 5.41) is 12.5. The summed E-state index contributed by atoms with van der Waals surface area (Å²) in [5.41, 5.74) is 0.993. The smallest absolute Gasteiger partial charge is 0.285 e. The Morgan fingerprint density at radius 2 is 2.44 bits per heavy atom. The molecule has 0 amide bonds. The fraction of sp³-hybridized carbons (Fsp3) is 0.364. The van der Waals surface area contributed by atoms with Crippen LogP contribution in [-0.2, 0) is 11.3 Å². The lowest BCUT2D eigenvalue weighted by Gasteiger charge is -2.08. The minimum absolute atomic E-state index is 0.140. The van der Waals surface area contributed by atoms with Crippen molar-refractivity contribution in [1.29, 1.82) is 0 Å². The average Bonchev–Trinajstić information content (AvgIpc) is 2.81. The van der Waals surface area contributed by atoms with Gasteiger partial charge in [0.05, 0.1) is 13.7 Å². The summed E-state index contributed by atoms with van der Waals surface area (Å²) in [5.74, 6) is 0.606. The molecular formula is C11H14N2O3. The van der Waals surface area contributed by atoms with E-state index in [0.717, 1.165) is 5.56 Å². The molecule has 0 saturated heterocycles. The van der Waals surface area contributed by atoms with Crippen LogP contribution in [0.1, 0.15) is 5.56 Å². The van der Waals surface area contributed by atoms with E-state index in [-0.39, 0.29) is 5.75 Å². The van der Waals surface area contributed by atoms with Crippen LogP contribution in [-0.4, -0.2) is 31.4 Å². The fourth-order valence-electron chi connectivity index (χ4n) is 1.45. The molecule has 0 atom stereocenters. The van der Waals surface area contributed by atoms with Crippen molar-refractivity contribution in [3.63, 3.8) is 0 Å². The first-order valence-electron chi connectivity index (χ1n) is 5.06. The Bertz CT molecular complexity index is 404. The van der Waals surface area contributed by atoms with Crippen molar-refractivity contribution < 1.29 is 14.6 Å². The van der Waals surface area contributed by atoms with E-state index in [4.69, 9.17) is 9.47 Å². The first-order chi connectivity index (χ1) is 7.79. The molecule has 2 rings (SSSR count). The van der Waals surface area contributed by atoms with E-state index in [0.29, 0.717) is 31.5 Å². The molecule has 5 heteroatoms. The van der Waals surface area contributed by atoms with Crippen LogP contribution in [0.5, 0.6) is 11.5 Å². The highest BCUT2D eigenvalue weighted by Crippen LogP contribution is 2.26. The number of hydrogen-bond acceptors (Lipinski definition) is 5. The van der Waals surface area contributed by atoms with E-state index in [2.05, 4.69) is 10.3 Å². The molecule has 0 fully saturated rings. The minimum atomic E-state index is 0.140. The number of benzene rings is 1. The molecule has 1 aromatic rings. The van der Waals surface area contributed by atoms with Crippen molar-refractivity contribution in [2.75, 3.05) is 20.3 Å². The summed E-state index contributed by atoms with van der Waals surface area (Å²) in [6.07, 6.45) is 0. The SMILES string of the molecule is COc1cc(CNC2=NCCO2)ccc1O. The third kappa shape index (κ3) is 2.36. The Kier molecular flexibility index (Phi) is 3.14. The highest BCUT2D eigenvalue weighted by atomic mass is 16.5. The van der Waals surface area contributed by atoms with E-state index in [1.165, 1.54) is 7.11 Å². The summed E-state index contributed by atoms with van der Waals surface area (Å²) in [7, 11) is 1.52. The molecule has 86 valence electrons. The van der Waals surface area contributed by atoms with Crippen molar-refractivity contribution in [3.05, 3.63) is 23.8 Å². The Morgan fingerprint density at radius 1 is 1.56 bits per heavy atom. The quantitative estimate of drug-likeness (QED) is 0.796. The van der Waals surface area contributed by atoms with E-state index in [1.807, 2.05) is 6.07 Å². The summed E-state index contributed by atoms with van der Waals surface area (Å²) < 4.78 is 10.2. The molecule has 0 aromatic heterocycles. The fourth-order valence-corrected chi connectivity index (χ4v) is 1.45. The molecule has 1 aliphatic rings. The van der Waals surface area contributed by atoms with Gasteiger partial charge in [-0.05, 0) is 17.7 Å². The predicted octanol–water partition coefficient (Wildman–Crippen LogP) is 0.877. The van der Waals surface area contributed by atoms with Crippen LogP contribution < -0.4 is 10.1 Å². The Labute approximate surface area is 93.7 Å². The van der Waals surface area contributed by atoms with Gasteiger partial charge in [0.2, 0.25) is 0 Å². The van der Waals surface area contributed by atoms with E-state index in [1.54, 1.807) is 12.1 Å². The van der Waals surface area contributed by atoms with Crippen LogP contribution >= 0.6 is 0 Å². The lowest BCUT2D eigenvalue weighted by Crippen LogP contribution is -2.22. The maximum atomic E-state index is 9.42. The highest BCUT2D eigenvalue weighted by molar-refractivity contribution is 5.74. The molecule has 0 saturated carbocycles. The van der Waals surface area contributed by atoms with Gasteiger partial charge in [0.25, 0.3) is 6.02 Å². The van der Waals surface area contributed by atoms with Gasteiger partial charge in [0.1, 0.15) is 6.61 Å². The molecule has 1 aromatic carbocycles. The summed E-state index contributed by atoms with van der Waals surface area (Å²) >= 11 is 0. The number of aromatic hydroxyl groups is 1. The number of rotatable bonds is 3. The molecule has 1 heterocycles. The van der Waals surface area contributed by atoms with Crippen LogP contribution in [0.15, 0.2) is 23.2 Å². The van der Waals surface area contributed by atoms with Crippen LogP contribution in [0.4, 0.5) is 0 Å². The molecule has 16 heavy (non-hydrogen) atoms. The molecule has 0 bridgehead atoms. The Hall–Kier alpha value is -1.91. The topological polar surface area (TPSA) is 63.1 Å². The largest absolute Gasteiger partial charge is 0.504 e. The average molecular weight is 222 g/mol. The third-order valence-corrected chi connectivity index (χ3v) is 2.27. The first-order valence-corrected chi connectivity index (χ1v) is 5.06. The number of methoxy groups -OCH3 is 1. The molecular weight excluding hydrogens is 208 g/mol. The van der Waals surface area contributed by atoms with E-state index >= 15 is 0 Å². The summed E-state index contributed by atoms with van der Waals surface area (Å²) in [6, 6.07) is 5.78. The van der Waals surface area contributed by atoms with Crippen molar-refractivity contribution in [2.45, 2.75) is 6.54 Å². The van der Waals surface area contributed by atoms with Crippen molar-refractivity contribution in [3.8, 4) is 11.5 Å². The molecule has 5 nitrogen and oxygen atoms in total. The Morgan fingerprint density at radius 3 is 3.12 bits per heavy atom. The van der Waals surface area contributed by atoms with Gasteiger partial charge in [-0.1, -0.05) is 6.07 Å². The lowest BCUT2D eigenvalue weighted by atomic mass is 10.2. The van der Waals surface area contributed by atoms with Crippen LogP contribution in [0, 0.1) is 0 Å². The molecule has 1 aliphatic heterocycles. The van der Waals surface area contributed by atoms with Crippen LogP contribution in [0.2, 0.25) is 0 Å². The minimum Gasteiger partial charge on any atom is -0.504 e. The molecule has 0 radical (unpaired) electrons. The van der Waals surface area contributed by atoms with Gasteiger partial charge in [-0.3, -0.25) is 0 Å². The second kappa shape index (κ2) is 4.74. The van der Waals surface area contributed by atoms with Gasteiger partial charge in [-0.15, -0.1) is 0 Å². The Balaban J connectivity index is 1.98. The number of aliphatic imine (C=N–C) groups is 1. The van der Waals surface area contributed by atoms with Crippen molar-refractivity contribution >= 4 is 6.02 Å². The summed E-state index contributed by atoms with van der Waals surface area (Å²) in [6.45, 7) is 1.94. The van der Waals surface area contributed by atoms with E-state index < -0.39 is 0 Å². The number of amidine groups is 1. The number of phenolic OH excluding ortho intramolecular Hbond substituents is 1. The van der Waals surface area contributed by atoms with Gasteiger partial charge in [0, 0.05) is 6.54 Å². The monoisotopic (exact) mass is 222 g/mol.